The Bertz CT molecular complexity index is 1050. The predicted molar refractivity (Wildman–Crippen MR) is 136 cm³/mol. The summed E-state index contributed by atoms with van der Waals surface area (Å²) in [6, 6.07) is 0. The molecule has 4 saturated carbocycles. The standard InChI is InChI=1S/C30H42FNO5/c1-27-13-12-20(33)14-19(27)10-11-21-22-15-25-30(24(35)17-32(3)4,28(22,2)16-23(34)29(21,27)31)37-26(36-25)18-8-6-5-7-9-18/h12-14,18,21-23,25-26,34H,5-11,15-17H2,1-4H3/t21-,22-,23?,25+,26+,27?,28?,29-,30+/m0/s1. The first-order valence-corrected chi connectivity index (χ1v) is 14.3. The molecule has 37 heavy (non-hydrogen) atoms. The fourth-order valence-corrected chi connectivity index (χ4v) is 9.50. The number of aliphatic hydroxyl groups excluding tert-OH is 1. The van der Waals surface area contributed by atoms with E-state index in [0.29, 0.717) is 19.3 Å². The first-order valence-electron chi connectivity index (χ1n) is 14.3. The minimum atomic E-state index is -1.92. The fraction of sp³-hybridized carbons (Fsp3) is 0.800. The maximum Gasteiger partial charge on any atom is 0.181 e. The summed E-state index contributed by atoms with van der Waals surface area (Å²) in [7, 11) is 3.75. The maximum atomic E-state index is 17.5. The molecule has 204 valence electrons. The summed E-state index contributed by atoms with van der Waals surface area (Å²) in [4.78, 5) is 28.1. The number of fused-ring (bicyclic) bond motifs is 7. The lowest BCUT2D eigenvalue weighted by molar-refractivity contribution is -0.235. The number of aliphatic hydroxyl groups is 1. The van der Waals surface area contributed by atoms with E-state index in [4.69, 9.17) is 9.47 Å². The van der Waals surface area contributed by atoms with Gasteiger partial charge in [-0.15, -0.1) is 0 Å². The summed E-state index contributed by atoms with van der Waals surface area (Å²) in [6.45, 7) is 4.10. The normalized spacial score (nSPS) is 49.3. The number of halogens is 1. The van der Waals surface area contributed by atoms with E-state index < -0.39 is 46.5 Å². The van der Waals surface area contributed by atoms with E-state index in [2.05, 4.69) is 6.92 Å². The number of ketones is 2. The van der Waals surface area contributed by atoms with Crippen molar-refractivity contribution >= 4 is 11.6 Å². The highest BCUT2D eigenvalue weighted by Crippen LogP contribution is 2.72. The summed E-state index contributed by atoms with van der Waals surface area (Å²) < 4.78 is 31.0. The van der Waals surface area contributed by atoms with Gasteiger partial charge in [0.15, 0.2) is 29.1 Å². The third kappa shape index (κ3) is 3.30. The smallest absolute Gasteiger partial charge is 0.181 e. The number of carbonyl (C=O) groups excluding carboxylic acids is 2. The van der Waals surface area contributed by atoms with Crippen molar-refractivity contribution in [2.45, 2.75) is 101 Å². The number of hydrogen-bond acceptors (Lipinski definition) is 6. The Hall–Kier alpha value is -1.41. The van der Waals surface area contributed by atoms with Gasteiger partial charge < -0.3 is 19.5 Å². The molecule has 0 bridgehead atoms. The van der Waals surface area contributed by atoms with E-state index in [1.807, 2.05) is 25.9 Å². The molecular weight excluding hydrogens is 473 g/mol. The zero-order chi connectivity index (χ0) is 26.4. The minimum Gasteiger partial charge on any atom is -0.390 e. The second-order valence-electron chi connectivity index (χ2n) is 13.4. The van der Waals surface area contributed by atoms with Gasteiger partial charge in [-0.05, 0) is 77.6 Å². The molecule has 0 aromatic carbocycles. The molecule has 0 aromatic rings. The molecule has 1 saturated heterocycles. The fourth-order valence-electron chi connectivity index (χ4n) is 9.50. The van der Waals surface area contributed by atoms with E-state index in [0.717, 1.165) is 31.3 Å². The van der Waals surface area contributed by atoms with Crippen molar-refractivity contribution in [3.8, 4) is 0 Å². The lowest BCUT2D eigenvalue weighted by atomic mass is 9.44. The number of allylic oxidation sites excluding steroid dienone is 4. The Morgan fingerprint density at radius 1 is 1.16 bits per heavy atom. The van der Waals surface area contributed by atoms with E-state index in [1.165, 1.54) is 12.5 Å². The van der Waals surface area contributed by atoms with Gasteiger partial charge in [0.1, 0.15) is 0 Å². The van der Waals surface area contributed by atoms with Gasteiger partial charge in [0.25, 0.3) is 0 Å². The number of nitrogens with zero attached hydrogens (tertiary/aromatic N) is 1. The molecule has 3 unspecified atom stereocenters. The summed E-state index contributed by atoms with van der Waals surface area (Å²) >= 11 is 0. The average Bonchev–Trinajstić information content (AvgIpc) is 3.35. The number of carbonyl (C=O) groups is 2. The van der Waals surface area contributed by atoms with Gasteiger partial charge in [-0.3, -0.25) is 9.59 Å². The highest BCUT2D eigenvalue weighted by atomic mass is 19.1. The molecule has 1 N–H and O–H groups in total. The number of likely N-dealkylation sites (N-methyl/N-ethyl adjacent to an activating group) is 1. The van der Waals surface area contributed by atoms with Crippen LogP contribution in [0.3, 0.4) is 0 Å². The number of ether oxygens (including phenoxy) is 2. The van der Waals surface area contributed by atoms with Crippen molar-refractivity contribution in [2.24, 2.45) is 28.6 Å². The first-order chi connectivity index (χ1) is 17.5. The molecule has 7 heteroatoms. The number of alkyl halides is 1. The van der Waals surface area contributed by atoms with Crippen molar-refractivity contribution in [3.05, 3.63) is 23.8 Å². The van der Waals surface area contributed by atoms with E-state index >= 15 is 4.39 Å². The maximum absolute atomic E-state index is 17.5. The van der Waals surface area contributed by atoms with Gasteiger partial charge in [0.2, 0.25) is 0 Å². The van der Waals surface area contributed by atoms with Crippen molar-refractivity contribution in [3.63, 3.8) is 0 Å². The minimum absolute atomic E-state index is 0.0184. The van der Waals surface area contributed by atoms with Crippen LogP contribution in [0, 0.1) is 28.6 Å². The molecule has 6 rings (SSSR count). The Balaban J connectivity index is 1.41. The van der Waals surface area contributed by atoms with Gasteiger partial charge in [-0.25, -0.2) is 4.39 Å². The molecule has 9 atom stereocenters. The number of rotatable bonds is 4. The van der Waals surface area contributed by atoms with E-state index in [1.54, 1.807) is 12.2 Å². The quantitative estimate of drug-likeness (QED) is 0.606. The van der Waals surface area contributed by atoms with Crippen LogP contribution in [0.2, 0.25) is 0 Å². The third-order valence-electron chi connectivity index (χ3n) is 11.3. The van der Waals surface area contributed by atoms with Crippen LogP contribution in [0.25, 0.3) is 0 Å². The van der Waals surface area contributed by atoms with Crippen LogP contribution >= 0.6 is 0 Å². The SMILES string of the molecule is CN(C)CC(=O)[C@@]12O[C@H](C3CCCCC3)O[C@@H]1C[C@H]1[C@@H]3CCC4=CC(=O)C=CC4(C)[C@@]3(F)C(O)CC12C. The number of Topliss-reactive ketones (excluding diaryl/α,β-unsaturated/α-hetero) is 1. The van der Waals surface area contributed by atoms with Crippen LogP contribution in [0.1, 0.15) is 71.6 Å². The topological polar surface area (TPSA) is 76.1 Å². The van der Waals surface area contributed by atoms with Crippen molar-refractivity contribution in [1.82, 2.24) is 4.90 Å². The second-order valence-corrected chi connectivity index (χ2v) is 13.4. The molecule has 0 aromatic heterocycles. The zero-order valence-electron chi connectivity index (χ0n) is 22.7. The summed E-state index contributed by atoms with van der Waals surface area (Å²) in [5.74, 6) is -0.505. The van der Waals surface area contributed by atoms with Gasteiger partial charge >= 0.3 is 0 Å². The van der Waals surface area contributed by atoms with E-state index in [-0.39, 0.29) is 36.4 Å². The number of hydrogen-bond donors (Lipinski definition) is 1. The molecule has 6 aliphatic rings. The van der Waals surface area contributed by atoms with Gasteiger partial charge in [-0.1, -0.05) is 37.8 Å². The zero-order valence-corrected chi connectivity index (χ0v) is 22.7. The molecular formula is C30H42FNO5. The largest absolute Gasteiger partial charge is 0.390 e. The lowest BCUT2D eigenvalue weighted by Gasteiger charge is -2.62. The highest BCUT2D eigenvalue weighted by Gasteiger charge is 2.79. The van der Waals surface area contributed by atoms with Crippen LogP contribution in [-0.4, -0.2) is 72.0 Å². The second kappa shape index (κ2) is 8.54. The van der Waals surface area contributed by atoms with Crippen LogP contribution in [-0.2, 0) is 19.1 Å². The van der Waals surface area contributed by atoms with E-state index in [9.17, 15) is 14.7 Å². The molecule has 6 nitrogen and oxygen atoms in total. The molecule has 1 aliphatic heterocycles. The van der Waals surface area contributed by atoms with Crippen LogP contribution < -0.4 is 0 Å². The van der Waals surface area contributed by atoms with Crippen molar-refractivity contribution in [2.75, 3.05) is 20.6 Å². The molecule has 1 heterocycles. The lowest BCUT2D eigenvalue weighted by Crippen LogP contribution is -2.70. The Morgan fingerprint density at radius 2 is 1.89 bits per heavy atom. The molecule has 0 amide bonds. The molecule has 0 spiro atoms. The Morgan fingerprint density at radius 3 is 2.59 bits per heavy atom. The first kappa shape index (κ1) is 25.8. The molecule has 5 fully saturated rings. The van der Waals surface area contributed by atoms with Gasteiger partial charge in [-0.2, -0.15) is 0 Å². The van der Waals surface area contributed by atoms with Crippen LogP contribution in [0.4, 0.5) is 4.39 Å². The Kier molecular flexibility index (Phi) is 5.97. The van der Waals surface area contributed by atoms with Crippen molar-refractivity contribution in [1.29, 1.82) is 0 Å². The Labute approximate surface area is 219 Å². The van der Waals surface area contributed by atoms with Crippen molar-refractivity contribution < 1.29 is 28.6 Å². The summed E-state index contributed by atoms with van der Waals surface area (Å²) in [5.41, 5.74) is -4.15. The molecule has 5 aliphatic carbocycles. The highest BCUT2D eigenvalue weighted by molar-refractivity contribution is 6.01. The van der Waals surface area contributed by atoms with Crippen LogP contribution in [0.5, 0.6) is 0 Å². The summed E-state index contributed by atoms with van der Waals surface area (Å²) in [5, 5.41) is 11.7. The third-order valence-corrected chi connectivity index (χ3v) is 11.3. The summed E-state index contributed by atoms with van der Waals surface area (Å²) in [6.07, 6.45) is 9.95. The monoisotopic (exact) mass is 515 g/mol. The predicted octanol–water partition coefficient (Wildman–Crippen LogP) is 4.16. The van der Waals surface area contributed by atoms with Crippen LogP contribution in [0.15, 0.2) is 23.8 Å². The molecule has 0 radical (unpaired) electrons. The van der Waals surface area contributed by atoms with Gasteiger partial charge in [0.05, 0.1) is 18.8 Å². The average molecular weight is 516 g/mol. The van der Waals surface area contributed by atoms with Gasteiger partial charge in [0, 0.05) is 22.7 Å².